The van der Waals surface area contributed by atoms with Crippen molar-refractivity contribution in [2.75, 3.05) is 28.9 Å². The molecule has 0 bridgehead atoms. The summed E-state index contributed by atoms with van der Waals surface area (Å²) in [6.07, 6.45) is 0. The van der Waals surface area contributed by atoms with Crippen LogP contribution in [0, 0.1) is 5.92 Å². The van der Waals surface area contributed by atoms with Crippen molar-refractivity contribution < 1.29 is 13.5 Å². The predicted molar refractivity (Wildman–Crippen MR) is 73.9 cm³/mol. The van der Waals surface area contributed by atoms with Crippen molar-refractivity contribution in [3.05, 3.63) is 24.3 Å². The summed E-state index contributed by atoms with van der Waals surface area (Å²) in [4.78, 5) is 0. The van der Waals surface area contributed by atoms with Crippen molar-refractivity contribution in [3.63, 3.8) is 0 Å². The first-order valence-corrected chi connectivity index (χ1v) is 7.45. The molecule has 0 saturated carbocycles. The van der Waals surface area contributed by atoms with Gasteiger partial charge in [0.15, 0.2) is 0 Å². The zero-order valence-electron chi connectivity index (χ0n) is 10.7. The lowest BCUT2D eigenvalue weighted by Crippen LogP contribution is -2.37. The highest BCUT2D eigenvalue weighted by atomic mass is 32.2. The van der Waals surface area contributed by atoms with Crippen LogP contribution >= 0.6 is 0 Å². The molecule has 0 heterocycles. The lowest BCUT2D eigenvalue weighted by Gasteiger charge is -2.25. The molecule has 1 aromatic rings. The molecular weight excluding hydrogens is 252 g/mol. The third-order valence-corrected chi connectivity index (χ3v) is 4.53. The van der Waals surface area contributed by atoms with Gasteiger partial charge in [0.25, 0.3) is 0 Å². The molecule has 1 aromatic carbocycles. The molecule has 1 rings (SSSR count). The van der Waals surface area contributed by atoms with E-state index in [9.17, 15) is 8.42 Å². The molecule has 0 spiro atoms. The Hall–Kier alpha value is -1.27. The van der Waals surface area contributed by atoms with Gasteiger partial charge in [0, 0.05) is 0 Å². The number of sulfonamides is 1. The molecule has 5 nitrogen and oxygen atoms in total. The summed E-state index contributed by atoms with van der Waals surface area (Å²) < 4.78 is 25.7. The van der Waals surface area contributed by atoms with Gasteiger partial charge in [-0.2, -0.15) is 0 Å². The van der Waals surface area contributed by atoms with E-state index in [1.54, 1.807) is 24.3 Å². The Kier molecular flexibility index (Phi) is 4.98. The molecule has 0 aliphatic carbocycles. The summed E-state index contributed by atoms with van der Waals surface area (Å²) in [5.41, 5.74) is 6.60. The van der Waals surface area contributed by atoms with Crippen LogP contribution in [0.1, 0.15) is 13.8 Å². The van der Waals surface area contributed by atoms with E-state index in [1.807, 2.05) is 13.8 Å². The molecule has 3 N–H and O–H groups in total. The second kappa shape index (κ2) is 6.06. The van der Waals surface area contributed by atoms with Crippen LogP contribution in [0.5, 0.6) is 0 Å². The highest BCUT2D eigenvalue weighted by molar-refractivity contribution is 7.92. The Bertz CT molecular complexity index is 486. The summed E-state index contributed by atoms with van der Waals surface area (Å²) >= 11 is 0. The first kappa shape index (κ1) is 14.8. The van der Waals surface area contributed by atoms with Gasteiger partial charge in [-0.15, -0.1) is 0 Å². The van der Waals surface area contributed by atoms with Crippen molar-refractivity contribution in [1.82, 2.24) is 0 Å². The smallest absolute Gasteiger partial charge is 0.235 e. The zero-order chi connectivity index (χ0) is 13.8. The Labute approximate surface area is 108 Å². The molecule has 0 fully saturated rings. The predicted octanol–water partition coefficient (Wildman–Crippen LogP) is 1.05. The van der Waals surface area contributed by atoms with Gasteiger partial charge in [-0.3, -0.25) is 4.31 Å². The number of rotatable bonds is 6. The lowest BCUT2D eigenvalue weighted by atomic mass is 10.3. The number of nitrogens with two attached hydrogens (primary N) is 1. The van der Waals surface area contributed by atoms with Gasteiger partial charge in [-0.05, 0) is 18.1 Å². The van der Waals surface area contributed by atoms with E-state index in [-0.39, 0.29) is 24.8 Å². The normalized spacial score (nSPS) is 11.8. The number of hydrogen-bond donors (Lipinski definition) is 2. The fourth-order valence-corrected chi connectivity index (χ4v) is 3.57. The maximum Gasteiger partial charge on any atom is 0.235 e. The van der Waals surface area contributed by atoms with Gasteiger partial charge in [-0.1, -0.05) is 26.0 Å². The number of para-hydroxylation sites is 2. The van der Waals surface area contributed by atoms with Gasteiger partial charge < -0.3 is 10.8 Å². The van der Waals surface area contributed by atoms with Crippen molar-refractivity contribution in [3.8, 4) is 0 Å². The van der Waals surface area contributed by atoms with Crippen LogP contribution < -0.4 is 10.0 Å². The Morgan fingerprint density at radius 1 is 1.33 bits per heavy atom. The van der Waals surface area contributed by atoms with Gasteiger partial charge >= 0.3 is 0 Å². The van der Waals surface area contributed by atoms with Crippen LogP contribution in [0.25, 0.3) is 0 Å². The third-order valence-electron chi connectivity index (χ3n) is 2.39. The number of aliphatic hydroxyl groups is 1. The summed E-state index contributed by atoms with van der Waals surface area (Å²) in [5.74, 6) is 0.0440. The summed E-state index contributed by atoms with van der Waals surface area (Å²) in [6, 6.07) is 6.75. The highest BCUT2D eigenvalue weighted by Gasteiger charge is 2.24. The molecule has 0 amide bonds. The molecule has 0 atom stereocenters. The maximum atomic E-state index is 12.2. The standard InChI is InChI=1S/C12H20N2O3S/c1-10(2)9-18(16,17)14(7-8-15)12-6-4-3-5-11(12)13/h3-6,10,15H,7-9,13H2,1-2H3. The number of benzene rings is 1. The fraction of sp³-hybridized carbons (Fsp3) is 0.500. The SMILES string of the molecule is CC(C)CS(=O)(=O)N(CCO)c1ccccc1N. The minimum Gasteiger partial charge on any atom is -0.397 e. The van der Waals surface area contributed by atoms with E-state index >= 15 is 0 Å². The molecular formula is C12H20N2O3S. The van der Waals surface area contributed by atoms with E-state index in [4.69, 9.17) is 10.8 Å². The molecule has 0 aromatic heterocycles. The lowest BCUT2D eigenvalue weighted by molar-refractivity contribution is 0.306. The largest absolute Gasteiger partial charge is 0.397 e. The average molecular weight is 272 g/mol. The Morgan fingerprint density at radius 2 is 1.94 bits per heavy atom. The number of hydrogen-bond acceptors (Lipinski definition) is 4. The van der Waals surface area contributed by atoms with Crippen LogP contribution in [0.15, 0.2) is 24.3 Å². The van der Waals surface area contributed by atoms with Gasteiger partial charge in [-0.25, -0.2) is 8.42 Å². The first-order chi connectivity index (χ1) is 8.38. The summed E-state index contributed by atoms with van der Waals surface area (Å²) in [7, 11) is -3.47. The van der Waals surface area contributed by atoms with Crippen LogP contribution in [-0.4, -0.2) is 32.4 Å². The molecule has 0 aliphatic heterocycles. The van der Waals surface area contributed by atoms with Crippen molar-refractivity contribution >= 4 is 21.4 Å². The maximum absolute atomic E-state index is 12.2. The van der Waals surface area contributed by atoms with Crippen molar-refractivity contribution in [1.29, 1.82) is 0 Å². The van der Waals surface area contributed by atoms with E-state index in [2.05, 4.69) is 0 Å². The summed E-state index contributed by atoms with van der Waals surface area (Å²) in [6.45, 7) is 3.45. The molecule has 0 radical (unpaired) electrons. The van der Waals surface area contributed by atoms with Gasteiger partial charge in [0.1, 0.15) is 0 Å². The highest BCUT2D eigenvalue weighted by Crippen LogP contribution is 2.25. The van der Waals surface area contributed by atoms with Crippen LogP contribution in [0.3, 0.4) is 0 Å². The van der Waals surface area contributed by atoms with Crippen LogP contribution in [0.2, 0.25) is 0 Å². The van der Waals surface area contributed by atoms with Crippen molar-refractivity contribution in [2.24, 2.45) is 5.92 Å². The fourth-order valence-electron chi connectivity index (χ4n) is 1.73. The Balaban J connectivity index is 3.15. The van der Waals surface area contributed by atoms with E-state index in [1.165, 1.54) is 4.31 Å². The Morgan fingerprint density at radius 3 is 2.44 bits per heavy atom. The molecule has 18 heavy (non-hydrogen) atoms. The number of nitrogens with zero attached hydrogens (tertiary/aromatic N) is 1. The second-order valence-corrected chi connectivity index (χ2v) is 6.46. The molecule has 6 heteroatoms. The minimum absolute atomic E-state index is 0.0149. The molecule has 102 valence electrons. The summed E-state index contributed by atoms with van der Waals surface area (Å²) in [5, 5.41) is 9.04. The molecule has 0 unspecified atom stereocenters. The average Bonchev–Trinajstić information content (AvgIpc) is 2.25. The van der Waals surface area contributed by atoms with E-state index in [0.29, 0.717) is 11.4 Å². The minimum atomic E-state index is -3.47. The van der Waals surface area contributed by atoms with Crippen LogP contribution in [-0.2, 0) is 10.0 Å². The number of nitrogen functional groups attached to an aromatic ring is 1. The topological polar surface area (TPSA) is 83.6 Å². The zero-order valence-corrected chi connectivity index (χ0v) is 11.5. The van der Waals surface area contributed by atoms with Gasteiger partial charge in [0.05, 0.1) is 30.3 Å². The van der Waals surface area contributed by atoms with Gasteiger partial charge in [0.2, 0.25) is 10.0 Å². The number of aliphatic hydroxyl groups excluding tert-OH is 1. The third kappa shape index (κ3) is 3.61. The van der Waals surface area contributed by atoms with Crippen LogP contribution in [0.4, 0.5) is 11.4 Å². The second-order valence-electron chi connectivity index (χ2n) is 4.53. The molecule has 0 saturated heterocycles. The molecule has 0 aliphatic rings. The van der Waals surface area contributed by atoms with Crippen molar-refractivity contribution in [2.45, 2.75) is 13.8 Å². The van der Waals surface area contributed by atoms with E-state index < -0.39 is 10.0 Å². The number of anilines is 2. The van der Waals surface area contributed by atoms with E-state index in [0.717, 1.165) is 0 Å². The monoisotopic (exact) mass is 272 g/mol. The first-order valence-electron chi connectivity index (χ1n) is 5.84. The quantitative estimate of drug-likeness (QED) is 0.758.